The van der Waals surface area contributed by atoms with Crippen LogP contribution in [0.1, 0.15) is 76.1 Å². The van der Waals surface area contributed by atoms with E-state index in [-0.39, 0.29) is 5.78 Å². The van der Waals surface area contributed by atoms with Gasteiger partial charge in [0.1, 0.15) is 22.3 Å². The molecule has 2 aliphatic rings. The van der Waals surface area contributed by atoms with Crippen LogP contribution in [0.5, 0.6) is 5.75 Å². The summed E-state index contributed by atoms with van der Waals surface area (Å²) in [7, 11) is 1.62. The average Bonchev–Trinajstić information content (AvgIpc) is 2.93. The van der Waals surface area contributed by atoms with E-state index in [9.17, 15) is 9.90 Å². The molecule has 2 aromatic heterocycles. The van der Waals surface area contributed by atoms with Crippen LogP contribution < -0.4 is 4.74 Å². The van der Waals surface area contributed by atoms with Gasteiger partial charge in [-0.15, -0.1) is 0 Å². The lowest BCUT2D eigenvalue weighted by molar-refractivity contribution is -0.128. The molecule has 2 heterocycles. The largest absolute Gasteiger partial charge is 0.494 e. The molecule has 4 rings (SSSR count). The van der Waals surface area contributed by atoms with Gasteiger partial charge in [0.15, 0.2) is 11.4 Å². The minimum Gasteiger partial charge on any atom is -0.494 e. The number of aliphatic hydroxyl groups is 1. The lowest BCUT2D eigenvalue weighted by Crippen LogP contribution is -2.38. The molecule has 0 unspecified atom stereocenters. The van der Waals surface area contributed by atoms with Crippen molar-refractivity contribution in [3.63, 3.8) is 0 Å². The molecule has 0 atom stereocenters. The van der Waals surface area contributed by atoms with Crippen molar-refractivity contribution in [3.8, 4) is 5.75 Å². The summed E-state index contributed by atoms with van der Waals surface area (Å²) in [5.74, 6) is 1.82. The van der Waals surface area contributed by atoms with Crippen LogP contribution in [0, 0.1) is 0 Å². The number of aryl methyl sites for hydroxylation is 1. The van der Waals surface area contributed by atoms with Crippen LogP contribution in [0.4, 0.5) is 0 Å². The molecule has 152 valence electrons. The number of hydrogen-bond donors (Lipinski definition) is 1. The number of unbranched alkanes of at least 4 members (excludes halogenated alkanes) is 1. The Morgan fingerprint density at radius 3 is 2.71 bits per heavy atom. The van der Waals surface area contributed by atoms with Crippen molar-refractivity contribution in [3.05, 3.63) is 17.0 Å². The lowest BCUT2D eigenvalue weighted by Gasteiger charge is -2.35. The third-order valence-electron chi connectivity index (χ3n) is 6.23. The molecule has 0 radical (unpaired) electrons. The molecule has 6 nitrogen and oxygen atoms in total. The molecular formula is C21H28ClN3O3. The van der Waals surface area contributed by atoms with Gasteiger partial charge < -0.3 is 14.4 Å². The van der Waals surface area contributed by atoms with E-state index in [1.54, 1.807) is 13.2 Å². The molecule has 2 saturated carbocycles. The Balaban J connectivity index is 1.43. The standard InChI is InChI=1S/C21H28ClN3O3/c1-28-16-12-17(22)23-20-19(16)24-18(25(20)14-6-4-7-14)9-3-2-8-15(26)13-21(27)10-5-11-21/h12,14,27H,2-11,13H2,1H3. The number of ketones is 1. The van der Waals surface area contributed by atoms with Crippen LogP contribution in [0.3, 0.4) is 0 Å². The van der Waals surface area contributed by atoms with Gasteiger partial charge in [0.25, 0.3) is 0 Å². The first-order valence-corrected chi connectivity index (χ1v) is 10.7. The molecule has 0 amide bonds. The molecule has 1 N–H and O–H groups in total. The minimum absolute atomic E-state index is 0.171. The maximum absolute atomic E-state index is 12.1. The number of methoxy groups -OCH3 is 1. The van der Waals surface area contributed by atoms with Gasteiger partial charge in [-0.3, -0.25) is 4.79 Å². The normalized spacial score (nSPS) is 18.7. The number of carbonyl (C=O) groups is 1. The fraction of sp³-hybridized carbons (Fsp3) is 0.667. The molecule has 7 heteroatoms. The summed E-state index contributed by atoms with van der Waals surface area (Å²) in [4.78, 5) is 21.5. The second-order valence-electron chi connectivity index (χ2n) is 8.30. The Morgan fingerprint density at radius 2 is 2.11 bits per heavy atom. The summed E-state index contributed by atoms with van der Waals surface area (Å²) in [5, 5.41) is 10.5. The zero-order chi connectivity index (χ0) is 19.7. The highest BCUT2D eigenvalue weighted by molar-refractivity contribution is 6.30. The van der Waals surface area contributed by atoms with Gasteiger partial charge in [-0.05, 0) is 51.4 Å². The van der Waals surface area contributed by atoms with Crippen molar-refractivity contribution < 1.29 is 14.6 Å². The fourth-order valence-electron chi connectivity index (χ4n) is 4.23. The number of carbonyl (C=O) groups excluding carboxylic acids is 1. The number of aromatic nitrogens is 3. The number of fused-ring (bicyclic) bond motifs is 1. The topological polar surface area (TPSA) is 77.2 Å². The zero-order valence-corrected chi connectivity index (χ0v) is 17.2. The highest BCUT2D eigenvalue weighted by Crippen LogP contribution is 2.38. The van der Waals surface area contributed by atoms with Crippen LogP contribution in [0.2, 0.25) is 5.15 Å². The predicted molar refractivity (Wildman–Crippen MR) is 108 cm³/mol. The Morgan fingerprint density at radius 1 is 1.32 bits per heavy atom. The van der Waals surface area contributed by atoms with E-state index in [4.69, 9.17) is 21.3 Å². The number of ether oxygens (including phenoxy) is 1. The van der Waals surface area contributed by atoms with E-state index in [0.717, 1.165) is 68.4 Å². The maximum atomic E-state index is 12.1. The third kappa shape index (κ3) is 3.90. The van der Waals surface area contributed by atoms with Gasteiger partial charge >= 0.3 is 0 Å². The van der Waals surface area contributed by atoms with Gasteiger partial charge in [-0.2, -0.15) is 0 Å². The van der Waals surface area contributed by atoms with Gasteiger partial charge in [-0.25, -0.2) is 9.97 Å². The van der Waals surface area contributed by atoms with E-state index in [1.165, 1.54) is 6.42 Å². The number of nitrogens with zero attached hydrogens (tertiary/aromatic N) is 3. The highest BCUT2D eigenvalue weighted by atomic mass is 35.5. The Bertz CT molecular complexity index is 871. The van der Waals surface area contributed by atoms with Crippen molar-refractivity contribution in [1.29, 1.82) is 0 Å². The molecular weight excluding hydrogens is 378 g/mol. The summed E-state index contributed by atoms with van der Waals surface area (Å²) in [6.45, 7) is 0. The molecule has 0 aromatic carbocycles. The summed E-state index contributed by atoms with van der Waals surface area (Å²) >= 11 is 6.19. The first kappa shape index (κ1) is 19.6. The molecule has 28 heavy (non-hydrogen) atoms. The lowest BCUT2D eigenvalue weighted by atomic mass is 9.76. The first-order chi connectivity index (χ1) is 13.5. The zero-order valence-electron chi connectivity index (χ0n) is 16.4. The van der Waals surface area contributed by atoms with Crippen molar-refractivity contribution in [2.24, 2.45) is 0 Å². The summed E-state index contributed by atoms with van der Waals surface area (Å²) in [6.07, 6.45) is 9.38. The van der Waals surface area contributed by atoms with Crippen LogP contribution in [-0.2, 0) is 11.2 Å². The van der Waals surface area contributed by atoms with Crippen molar-refractivity contribution in [1.82, 2.24) is 14.5 Å². The molecule has 0 saturated heterocycles. The molecule has 0 spiro atoms. The van der Waals surface area contributed by atoms with Crippen molar-refractivity contribution >= 4 is 28.5 Å². The monoisotopic (exact) mass is 405 g/mol. The van der Waals surface area contributed by atoms with E-state index >= 15 is 0 Å². The second kappa shape index (κ2) is 7.99. The molecule has 2 fully saturated rings. The van der Waals surface area contributed by atoms with Crippen molar-refractivity contribution in [2.45, 2.75) is 82.3 Å². The quantitative estimate of drug-likeness (QED) is 0.494. The predicted octanol–water partition coefficient (Wildman–Crippen LogP) is 4.41. The minimum atomic E-state index is -0.712. The highest BCUT2D eigenvalue weighted by Gasteiger charge is 2.36. The Labute approximate surface area is 170 Å². The summed E-state index contributed by atoms with van der Waals surface area (Å²) in [5.41, 5.74) is 0.848. The fourth-order valence-corrected chi connectivity index (χ4v) is 4.41. The molecule has 2 aromatic rings. The van der Waals surface area contributed by atoms with Gasteiger partial charge in [0.05, 0.1) is 12.7 Å². The summed E-state index contributed by atoms with van der Waals surface area (Å²) in [6, 6.07) is 2.13. The van der Waals surface area contributed by atoms with Gasteiger partial charge in [-0.1, -0.05) is 11.6 Å². The van der Waals surface area contributed by atoms with E-state index in [0.29, 0.717) is 29.8 Å². The van der Waals surface area contributed by atoms with Gasteiger partial charge in [0, 0.05) is 31.4 Å². The molecule has 0 aliphatic heterocycles. The first-order valence-electron chi connectivity index (χ1n) is 10.3. The Kier molecular flexibility index (Phi) is 5.61. The Hall–Kier alpha value is -1.66. The number of hydrogen-bond acceptors (Lipinski definition) is 5. The van der Waals surface area contributed by atoms with E-state index in [2.05, 4.69) is 9.55 Å². The van der Waals surface area contributed by atoms with E-state index in [1.807, 2.05) is 0 Å². The van der Waals surface area contributed by atoms with Gasteiger partial charge in [0.2, 0.25) is 0 Å². The number of Topliss-reactive ketones (excluding diaryl/α,β-unsaturated/α-hetero) is 1. The van der Waals surface area contributed by atoms with E-state index < -0.39 is 5.60 Å². The summed E-state index contributed by atoms with van der Waals surface area (Å²) < 4.78 is 7.69. The number of imidazole rings is 1. The molecule has 0 bridgehead atoms. The van der Waals surface area contributed by atoms with Crippen molar-refractivity contribution in [2.75, 3.05) is 7.11 Å². The van der Waals surface area contributed by atoms with Crippen LogP contribution in [0.15, 0.2) is 6.07 Å². The second-order valence-corrected chi connectivity index (χ2v) is 8.69. The third-order valence-corrected chi connectivity index (χ3v) is 6.43. The van der Waals surface area contributed by atoms with Crippen LogP contribution in [-0.4, -0.2) is 38.1 Å². The van der Waals surface area contributed by atoms with Crippen LogP contribution in [0.25, 0.3) is 11.2 Å². The smallest absolute Gasteiger partial charge is 0.165 e. The average molecular weight is 406 g/mol. The number of rotatable bonds is 9. The number of halogens is 1. The van der Waals surface area contributed by atoms with Crippen LogP contribution >= 0.6 is 11.6 Å². The molecule has 2 aliphatic carbocycles. The SMILES string of the molecule is COc1cc(Cl)nc2c1nc(CCCCC(=O)CC1(O)CCC1)n2C1CCC1. The number of pyridine rings is 1. The maximum Gasteiger partial charge on any atom is 0.165 e.